The standard InChI is InChI=1S/C13H10Cl2N2O4/c1-6(18)16-12-10(13(19)20-2)11(17-21-12)9-7(14)4-3-5-8(9)15/h3-5H,1-2H3,(H,16,18). The minimum atomic E-state index is -0.731. The maximum Gasteiger partial charge on any atom is 0.345 e. The van der Waals surface area contributed by atoms with Crippen LogP contribution in [0.5, 0.6) is 0 Å². The first-order chi connectivity index (χ1) is 9.95. The van der Waals surface area contributed by atoms with E-state index in [2.05, 4.69) is 15.2 Å². The van der Waals surface area contributed by atoms with Gasteiger partial charge in [-0.05, 0) is 12.1 Å². The second kappa shape index (κ2) is 6.15. The van der Waals surface area contributed by atoms with E-state index >= 15 is 0 Å². The van der Waals surface area contributed by atoms with Gasteiger partial charge >= 0.3 is 5.97 Å². The monoisotopic (exact) mass is 328 g/mol. The van der Waals surface area contributed by atoms with Gasteiger partial charge in [0, 0.05) is 12.5 Å². The van der Waals surface area contributed by atoms with E-state index in [0.717, 1.165) is 0 Å². The van der Waals surface area contributed by atoms with Crippen LogP contribution in [0.25, 0.3) is 11.3 Å². The zero-order valence-corrected chi connectivity index (χ0v) is 12.6. The molecule has 6 nitrogen and oxygen atoms in total. The summed E-state index contributed by atoms with van der Waals surface area (Å²) in [5, 5.41) is 6.71. The number of benzene rings is 1. The molecule has 2 aromatic rings. The highest BCUT2D eigenvalue weighted by Crippen LogP contribution is 2.38. The SMILES string of the molecule is COC(=O)c1c(-c2c(Cl)cccc2Cl)noc1NC(C)=O. The quantitative estimate of drug-likeness (QED) is 0.873. The number of carbonyl (C=O) groups is 2. The Kier molecular flexibility index (Phi) is 4.50. The Labute approximate surface area is 130 Å². The predicted octanol–water partition coefficient (Wildman–Crippen LogP) is 3.39. The van der Waals surface area contributed by atoms with Crippen molar-refractivity contribution in [2.45, 2.75) is 6.92 Å². The van der Waals surface area contributed by atoms with E-state index in [1.165, 1.54) is 14.0 Å². The van der Waals surface area contributed by atoms with Crippen molar-refractivity contribution in [3.8, 4) is 11.3 Å². The molecule has 0 aliphatic rings. The molecule has 0 spiro atoms. The van der Waals surface area contributed by atoms with E-state index in [1.54, 1.807) is 18.2 Å². The van der Waals surface area contributed by atoms with Gasteiger partial charge in [-0.25, -0.2) is 4.79 Å². The molecule has 1 aromatic heterocycles. The molecule has 0 aliphatic heterocycles. The van der Waals surface area contributed by atoms with Crippen LogP contribution in [0.1, 0.15) is 17.3 Å². The number of nitrogens with one attached hydrogen (secondary N) is 1. The minimum Gasteiger partial charge on any atom is -0.465 e. The van der Waals surface area contributed by atoms with Crippen LogP contribution in [-0.4, -0.2) is 24.1 Å². The van der Waals surface area contributed by atoms with E-state index in [0.29, 0.717) is 5.56 Å². The molecule has 1 heterocycles. The van der Waals surface area contributed by atoms with Crippen LogP contribution in [0.15, 0.2) is 22.7 Å². The topological polar surface area (TPSA) is 81.4 Å². The van der Waals surface area contributed by atoms with Gasteiger partial charge in [0.25, 0.3) is 0 Å². The fourth-order valence-corrected chi connectivity index (χ4v) is 2.30. The van der Waals surface area contributed by atoms with Gasteiger partial charge < -0.3 is 9.26 Å². The number of halogens is 2. The summed E-state index contributed by atoms with van der Waals surface area (Å²) in [5.74, 6) is -1.28. The van der Waals surface area contributed by atoms with Crippen molar-refractivity contribution >= 4 is 41.0 Å². The first kappa shape index (κ1) is 15.3. The van der Waals surface area contributed by atoms with E-state index in [4.69, 9.17) is 27.7 Å². The molecule has 0 unspecified atom stereocenters. The average molecular weight is 329 g/mol. The Balaban J connectivity index is 2.67. The predicted molar refractivity (Wildman–Crippen MR) is 77.6 cm³/mol. The van der Waals surface area contributed by atoms with E-state index < -0.39 is 11.9 Å². The maximum absolute atomic E-state index is 11.9. The molecule has 8 heteroatoms. The first-order valence-corrected chi connectivity index (χ1v) is 6.51. The third-order valence-electron chi connectivity index (χ3n) is 2.57. The largest absolute Gasteiger partial charge is 0.465 e. The van der Waals surface area contributed by atoms with Crippen molar-refractivity contribution in [2.75, 3.05) is 12.4 Å². The molecular formula is C13H10Cl2N2O4. The Morgan fingerprint density at radius 1 is 1.29 bits per heavy atom. The minimum absolute atomic E-state index is 0.0531. The van der Waals surface area contributed by atoms with Gasteiger partial charge in [-0.1, -0.05) is 34.4 Å². The average Bonchev–Trinajstić information content (AvgIpc) is 2.80. The van der Waals surface area contributed by atoms with Crippen LogP contribution >= 0.6 is 23.2 Å². The molecule has 0 saturated heterocycles. The van der Waals surface area contributed by atoms with Crippen molar-refractivity contribution in [3.05, 3.63) is 33.8 Å². The van der Waals surface area contributed by atoms with Gasteiger partial charge in [-0.15, -0.1) is 0 Å². The van der Waals surface area contributed by atoms with Gasteiger partial charge in [0.15, 0.2) is 5.56 Å². The molecule has 110 valence electrons. The molecule has 0 radical (unpaired) electrons. The van der Waals surface area contributed by atoms with Crippen LogP contribution < -0.4 is 5.32 Å². The second-order valence-corrected chi connectivity index (χ2v) is 4.82. The molecule has 2 rings (SSSR count). The summed E-state index contributed by atoms with van der Waals surface area (Å²) in [7, 11) is 1.20. The van der Waals surface area contributed by atoms with Gasteiger partial charge in [0.05, 0.1) is 17.2 Å². The summed E-state index contributed by atoms with van der Waals surface area (Å²) >= 11 is 12.2. The number of hydrogen-bond donors (Lipinski definition) is 1. The summed E-state index contributed by atoms with van der Waals surface area (Å²) < 4.78 is 9.68. The number of amides is 1. The zero-order valence-electron chi connectivity index (χ0n) is 11.1. The Bertz CT molecular complexity index is 692. The summed E-state index contributed by atoms with van der Waals surface area (Å²) in [6.45, 7) is 1.27. The summed E-state index contributed by atoms with van der Waals surface area (Å²) in [4.78, 5) is 23.1. The van der Waals surface area contributed by atoms with E-state index in [1.807, 2.05) is 0 Å². The molecular weight excluding hydrogens is 319 g/mol. The molecule has 1 N–H and O–H groups in total. The number of carbonyl (C=O) groups excluding carboxylic acids is 2. The van der Waals surface area contributed by atoms with Crippen molar-refractivity contribution in [2.24, 2.45) is 0 Å². The van der Waals surface area contributed by atoms with Crippen LogP contribution in [0.2, 0.25) is 10.0 Å². The van der Waals surface area contributed by atoms with Crippen molar-refractivity contribution in [1.29, 1.82) is 0 Å². The molecule has 0 atom stereocenters. The number of ether oxygens (including phenoxy) is 1. The Morgan fingerprint density at radius 3 is 2.43 bits per heavy atom. The van der Waals surface area contributed by atoms with Gasteiger partial charge in [-0.3, -0.25) is 10.1 Å². The smallest absolute Gasteiger partial charge is 0.345 e. The third-order valence-corrected chi connectivity index (χ3v) is 3.20. The number of hydrogen-bond acceptors (Lipinski definition) is 5. The van der Waals surface area contributed by atoms with E-state index in [9.17, 15) is 9.59 Å². The molecule has 1 aromatic carbocycles. The lowest BCUT2D eigenvalue weighted by atomic mass is 10.1. The summed E-state index contributed by atoms with van der Waals surface area (Å²) in [6.07, 6.45) is 0. The number of rotatable bonds is 3. The normalized spacial score (nSPS) is 10.3. The molecule has 0 aliphatic carbocycles. The summed E-state index contributed by atoms with van der Waals surface area (Å²) in [5.41, 5.74) is 0.366. The van der Waals surface area contributed by atoms with Crippen LogP contribution in [0.3, 0.4) is 0 Å². The van der Waals surface area contributed by atoms with Crippen molar-refractivity contribution in [3.63, 3.8) is 0 Å². The van der Waals surface area contributed by atoms with E-state index in [-0.39, 0.29) is 27.2 Å². The van der Waals surface area contributed by atoms with Crippen LogP contribution in [0.4, 0.5) is 5.88 Å². The number of esters is 1. The highest BCUT2D eigenvalue weighted by Gasteiger charge is 2.28. The fourth-order valence-electron chi connectivity index (χ4n) is 1.72. The number of aromatic nitrogens is 1. The lowest BCUT2D eigenvalue weighted by molar-refractivity contribution is -0.114. The Hall–Kier alpha value is -2.05. The summed E-state index contributed by atoms with van der Waals surface area (Å²) in [6, 6.07) is 4.84. The lowest BCUT2D eigenvalue weighted by Crippen LogP contribution is -2.11. The molecule has 1 amide bonds. The first-order valence-electron chi connectivity index (χ1n) is 5.75. The highest BCUT2D eigenvalue weighted by molar-refractivity contribution is 6.39. The highest BCUT2D eigenvalue weighted by atomic mass is 35.5. The maximum atomic E-state index is 11.9. The van der Waals surface area contributed by atoms with Gasteiger partial charge in [-0.2, -0.15) is 0 Å². The van der Waals surface area contributed by atoms with Gasteiger partial charge in [0.2, 0.25) is 11.8 Å². The fraction of sp³-hybridized carbons (Fsp3) is 0.154. The van der Waals surface area contributed by atoms with Gasteiger partial charge in [0.1, 0.15) is 5.69 Å². The van der Waals surface area contributed by atoms with Crippen LogP contribution in [-0.2, 0) is 9.53 Å². The van der Waals surface area contributed by atoms with Crippen molar-refractivity contribution in [1.82, 2.24) is 5.16 Å². The third kappa shape index (κ3) is 3.01. The number of methoxy groups -OCH3 is 1. The number of anilines is 1. The second-order valence-electron chi connectivity index (χ2n) is 4.00. The lowest BCUT2D eigenvalue weighted by Gasteiger charge is -2.06. The molecule has 0 saturated carbocycles. The molecule has 21 heavy (non-hydrogen) atoms. The van der Waals surface area contributed by atoms with Crippen molar-refractivity contribution < 1.29 is 18.8 Å². The molecule has 0 fully saturated rings. The zero-order chi connectivity index (χ0) is 15.6. The number of nitrogens with zero attached hydrogens (tertiary/aromatic N) is 1. The Morgan fingerprint density at radius 2 is 1.90 bits per heavy atom. The van der Waals surface area contributed by atoms with Crippen LogP contribution in [0, 0.1) is 0 Å². The molecule has 0 bridgehead atoms.